The van der Waals surface area contributed by atoms with Gasteiger partial charge in [-0.15, -0.1) is 10.2 Å². The van der Waals surface area contributed by atoms with Gasteiger partial charge in [-0.2, -0.15) is 0 Å². The lowest BCUT2D eigenvalue weighted by molar-refractivity contribution is -0.0273. The summed E-state index contributed by atoms with van der Waals surface area (Å²) in [6.07, 6.45) is 2.13. The van der Waals surface area contributed by atoms with Gasteiger partial charge in [-0.05, 0) is 38.5 Å². The third-order valence-electron chi connectivity index (χ3n) is 5.75. The van der Waals surface area contributed by atoms with Gasteiger partial charge in [-0.25, -0.2) is 9.37 Å². The lowest BCUT2D eigenvalue weighted by atomic mass is 10.1. The van der Waals surface area contributed by atoms with Gasteiger partial charge in [-0.3, -0.25) is 4.79 Å². The average Bonchev–Trinajstić information content (AvgIpc) is 3.54. The van der Waals surface area contributed by atoms with Crippen LogP contribution in [0.5, 0.6) is 11.5 Å². The predicted molar refractivity (Wildman–Crippen MR) is 123 cm³/mol. The number of halogens is 1. The van der Waals surface area contributed by atoms with Crippen molar-refractivity contribution < 1.29 is 28.1 Å². The Hall–Kier alpha value is -3.57. The minimum atomic E-state index is -0.730. The zero-order valence-corrected chi connectivity index (χ0v) is 19.4. The Bertz CT molecular complexity index is 1210. The van der Waals surface area contributed by atoms with E-state index in [1.54, 1.807) is 24.5 Å². The molecule has 11 heteroatoms. The maximum atomic E-state index is 14.8. The van der Waals surface area contributed by atoms with Crippen molar-refractivity contribution in [2.75, 3.05) is 31.7 Å². The highest BCUT2D eigenvalue weighted by atomic mass is 19.1. The Labute approximate surface area is 201 Å². The summed E-state index contributed by atoms with van der Waals surface area (Å²) in [4.78, 5) is 17.3. The van der Waals surface area contributed by atoms with E-state index in [4.69, 9.17) is 18.9 Å². The quantitative estimate of drug-likeness (QED) is 0.545. The molecule has 1 fully saturated rings. The number of benzene rings is 1. The van der Waals surface area contributed by atoms with Crippen LogP contribution in [0.3, 0.4) is 0 Å². The third-order valence-corrected chi connectivity index (χ3v) is 5.75. The number of fused-ring (bicyclic) bond motifs is 1. The minimum Gasteiger partial charge on any atom is -0.486 e. The first kappa shape index (κ1) is 23.2. The minimum absolute atomic E-state index is 0.0385. The second-order valence-corrected chi connectivity index (χ2v) is 8.67. The molecule has 1 saturated heterocycles. The first-order chi connectivity index (χ1) is 17.0. The monoisotopic (exact) mass is 483 g/mol. The number of nitrogens with zero attached hydrogens (tertiary/aromatic N) is 4. The molecule has 5 rings (SSSR count). The summed E-state index contributed by atoms with van der Waals surface area (Å²) in [6.45, 7) is 5.79. The maximum absolute atomic E-state index is 14.8. The second kappa shape index (κ2) is 9.96. The topological polar surface area (TPSA) is 110 Å². The summed E-state index contributed by atoms with van der Waals surface area (Å²) < 4.78 is 39.3. The van der Waals surface area contributed by atoms with E-state index in [0.29, 0.717) is 37.1 Å². The number of aromatic nitrogens is 4. The molecule has 0 saturated carbocycles. The summed E-state index contributed by atoms with van der Waals surface area (Å²) >= 11 is 0. The molecule has 0 aliphatic carbocycles. The lowest BCUT2D eigenvalue weighted by Gasteiger charge is -2.27. The van der Waals surface area contributed by atoms with Gasteiger partial charge in [0.25, 0.3) is 5.91 Å². The van der Waals surface area contributed by atoms with Crippen molar-refractivity contribution >= 4 is 11.7 Å². The molecule has 2 aromatic heterocycles. The van der Waals surface area contributed by atoms with Crippen LogP contribution < -0.4 is 14.8 Å². The van der Waals surface area contributed by atoms with Crippen molar-refractivity contribution in [1.82, 2.24) is 19.7 Å². The van der Waals surface area contributed by atoms with Crippen molar-refractivity contribution in [3.05, 3.63) is 48.0 Å². The van der Waals surface area contributed by atoms with Gasteiger partial charge in [0.1, 0.15) is 30.3 Å². The lowest BCUT2D eigenvalue weighted by Crippen LogP contribution is -2.35. The molecule has 1 N–H and O–H groups in total. The van der Waals surface area contributed by atoms with Crippen molar-refractivity contribution in [2.24, 2.45) is 0 Å². The summed E-state index contributed by atoms with van der Waals surface area (Å²) in [7, 11) is 0. The molecule has 1 aromatic carbocycles. The molecule has 0 bridgehead atoms. The van der Waals surface area contributed by atoms with Gasteiger partial charge >= 0.3 is 0 Å². The van der Waals surface area contributed by atoms with E-state index >= 15 is 0 Å². The van der Waals surface area contributed by atoms with Crippen LogP contribution in [0.25, 0.3) is 11.5 Å². The second-order valence-electron chi connectivity index (χ2n) is 8.67. The number of pyridine rings is 1. The SMILES string of the molecule is CC(C)n1cnnc1-c1cccc(NC(=O)c2cc3c(cc2F)OC(COC2CCOC2)CO3)n1. The predicted octanol–water partition coefficient (Wildman–Crippen LogP) is 3.26. The normalized spacial score (nSPS) is 19.2. The van der Waals surface area contributed by atoms with Gasteiger partial charge in [-0.1, -0.05) is 6.07 Å². The Morgan fingerprint density at radius 3 is 2.97 bits per heavy atom. The zero-order chi connectivity index (χ0) is 24.4. The fourth-order valence-electron chi connectivity index (χ4n) is 3.90. The van der Waals surface area contributed by atoms with Gasteiger partial charge in [0.05, 0.1) is 24.9 Å². The number of nitrogens with one attached hydrogen (secondary N) is 1. The van der Waals surface area contributed by atoms with Crippen LogP contribution in [0, 0.1) is 5.82 Å². The van der Waals surface area contributed by atoms with Crippen molar-refractivity contribution in [1.29, 1.82) is 0 Å². The van der Waals surface area contributed by atoms with E-state index in [9.17, 15) is 9.18 Å². The number of ether oxygens (including phenoxy) is 4. The van der Waals surface area contributed by atoms with Gasteiger partial charge in [0.2, 0.25) is 0 Å². The molecule has 0 radical (unpaired) electrons. The molecule has 2 atom stereocenters. The first-order valence-electron chi connectivity index (χ1n) is 11.5. The van der Waals surface area contributed by atoms with Crippen LogP contribution in [0.4, 0.5) is 10.2 Å². The molecule has 2 unspecified atom stereocenters. The fourth-order valence-corrected chi connectivity index (χ4v) is 3.90. The van der Waals surface area contributed by atoms with Crippen LogP contribution in [-0.2, 0) is 9.47 Å². The van der Waals surface area contributed by atoms with Gasteiger partial charge in [0, 0.05) is 18.7 Å². The number of carbonyl (C=O) groups is 1. The average molecular weight is 484 g/mol. The van der Waals surface area contributed by atoms with E-state index in [1.165, 1.54) is 6.07 Å². The maximum Gasteiger partial charge on any atom is 0.259 e. The van der Waals surface area contributed by atoms with Crippen LogP contribution in [0.15, 0.2) is 36.7 Å². The number of anilines is 1. The molecule has 0 spiro atoms. The highest BCUT2D eigenvalue weighted by Gasteiger charge is 2.27. The Morgan fingerprint density at radius 1 is 1.29 bits per heavy atom. The molecular formula is C24H26FN5O5. The fraction of sp³-hybridized carbons (Fsp3) is 0.417. The van der Waals surface area contributed by atoms with Gasteiger partial charge < -0.3 is 28.8 Å². The molecule has 1 amide bonds. The number of hydrogen-bond acceptors (Lipinski definition) is 8. The highest BCUT2D eigenvalue weighted by molar-refractivity contribution is 6.04. The van der Waals surface area contributed by atoms with E-state index in [-0.39, 0.29) is 42.0 Å². The number of amides is 1. The molecule has 184 valence electrons. The Kier molecular flexibility index (Phi) is 6.60. The largest absolute Gasteiger partial charge is 0.486 e. The Morgan fingerprint density at radius 2 is 2.17 bits per heavy atom. The van der Waals surface area contributed by atoms with Crippen LogP contribution in [0.2, 0.25) is 0 Å². The summed E-state index contributed by atoms with van der Waals surface area (Å²) in [5, 5.41) is 10.7. The summed E-state index contributed by atoms with van der Waals surface area (Å²) in [5.41, 5.74) is 0.358. The number of hydrogen-bond donors (Lipinski definition) is 1. The zero-order valence-electron chi connectivity index (χ0n) is 19.4. The summed E-state index contributed by atoms with van der Waals surface area (Å²) in [6, 6.07) is 7.74. The molecule has 2 aliphatic rings. The number of rotatable bonds is 7. The van der Waals surface area contributed by atoms with Crippen LogP contribution in [0.1, 0.15) is 36.7 Å². The van der Waals surface area contributed by atoms with Crippen molar-refractivity contribution in [3.63, 3.8) is 0 Å². The van der Waals surface area contributed by atoms with Crippen LogP contribution >= 0.6 is 0 Å². The van der Waals surface area contributed by atoms with Gasteiger partial charge in [0.15, 0.2) is 23.4 Å². The molecule has 3 aromatic rings. The van der Waals surface area contributed by atoms with E-state index in [1.807, 2.05) is 18.4 Å². The summed E-state index contributed by atoms with van der Waals surface area (Å²) in [5.74, 6) is -0.0332. The van der Waals surface area contributed by atoms with Crippen molar-refractivity contribution in [2.45, 2.75) is 38.5 Å². The molecule has 10 nitrogen and oxygen atoms in total. The molecule has 35 heavy (non-hydrogen) atoms. The smallest absolute Gasteiger partial charge is 0.259 e. The highest BCUT2D eigenvalue weighted by Crippen LogP contribution is 2.35. The van der Waals surface area contributed by atoms with Crippen LogP contribution in [-0.4, -0.2) is 64.3 Å². The standard InChI is InChI=1S/C24H26FN5O5/c1-14(2)30-13-26-29-23(30)19-4-3-5-22(27-19)28-24(31)17-8-20-21(9-18(17)25)35-16(12-34-20)11-33-15-6-7-32-10-15/h3-5,8-9,13-16H,6-7,10-12H2,1-2H3,(H,27,28,31). The van der Waals surface area contributed by atoms with E-state index in [2.05, 4.69) is 20.5 Å². The Balaban J connectivity index is 1.27. The molecular weight excluding hydrogens is 457 g/mol. The van der Waals surface area contributed by atoms with E-state index in [0.717, 1.165) is 12.5 Å². The third kappa shape index (κ3) is 5.10. The van der Waals surface area contributed by atoms with Crippen molar-refractivity contribution in [3.8, 4) is 23.0 Å². The first-order valence-corrected chi connectivity index (χ1v) is 11.5. The van der Waals surface area contributed by atoms with E-state index < -0.39 is 11.7 Å². The number of carbonyl (C=O) groups excluding carboxylic acids is 1. The molecule has 2 aliphatic heterocycles. The molecule has 4 heterocycles.